The topological polar surface area (TPSA) is 67.9 Å². The number of hydrogen-bond acceptors (Lipinski definition) is 4. The van der Waals surface area contributed by atoms with Crippen LogP contribution in [0, 0.1) is 0 Å². The van der Waals surface area contributed by atoms with Gasteiger partial charge in [-0.05, 0) is 44.9 Å². The predicted octanol–water partition coefficient (Wildman–Crippen LogP) is 2.78. The van der Waals surface area contributed by atoms with Crippen molar-refractivity contribution in [3.05, 3.63) is 23.2 Å². The minimum Gasteiger partial charge on any atom is -0.495 e. The molecule has 0 spiro atoms. The molecular formula is C18H25ClN2O4. The van der Waals surface area contributed by atoms with Crippen LogP contribution < -0.4 is 15.0 Å². The zero-order valence-electron chi connectivity index (χ0n) is 14.9. The van der Waals surface area contributed by atoms with Gasteiger partial charge in [0.05, 0.1) is 12.1 Å². The largest absolute Gasteiger partial charge is 0.495 e. The maximum atomic E-state index is 12.7. The average Bonchev–Trinajstić information content (AvgIpc) is 2.90. The summed E-state index contributed by atoms with van der Waals surface area (Å²) in [7, 11) is 1.53. The van der Waals surface area contributed by atoms with Crippen LogP contribution in [0.4, 0.5) is 5.69 Å². The number of carbonyl (C=O) groups excluding carboxylic acids is 2. The molecule has 1 fully saturated rings. The molecule has 138 valence electrons. The highest BCUT2D eigenvalue weighted by molar-refractivity contribution is 6.32. The smallest absolute Gasteiger partial charge is 0.246 e. The summed E-state index contributed by atoms with van der Waals surface area (Å²) >= 11 is 6.18. The van der Waals surface area contributed by atoms with E-state index >= 15 is 0 Å². The van der Waals surface area contributed by atoms with Gasteiger partial charge in [-0.3, -0.25) is 14.5 Å². The number of hydrogen-bond donors (Lipinski definition) is 1. The van der Waals surface area contributed by atoms with Crippen molar-refractivity contribution in [2.75, 3.05) is 31.8 Å². The molecule has 1 atom stereocenters. The van der Waals surface area contributed by atoms with Gasteiger partial charge in [0.25, 0.3) is 0 Å². The van der Waals surface area contributed by atoms with E-state index in [1.807, 2.05) is 6.92 Å². The van der Waals surface area contributed by atoms with E-state index in [0.29, 0.717) is 49.1 Å². The number of halogens is 1. The fourth-order valence-electron chi connectivity index (χ4n) is 3.00. The second-order valence-corrected chi connectivity index (χ2v) is 6.54. The number of nitrogens with one attached hydrogen (secondary N) is 1. The Hall–Kier alpha value is -1.79. The average molecular weight is 369 g/mol. The van der Waals surface area contributed by atoms with Crippen LogP contribution in [0.15, 0.2) is 18.2 Å². The lowest BCUT2D eigenvalue weighted by atomic mass is 9.97. The van der Waals surface area contributed by atoms with Gasteiger partial charge < -0.3 is 14.8 Å². The summed E-state index contributed by atoms with van der Waals surface area (Å²) < 4.78 is 10.4. The second-order valence-electron chi connectivity index (χ2n) is 6.13. The van der Waals surface area contributed by atoms with Crippen molar-refractivity contribution in [3.63, 3.8) is 0 Å². The first-order valence-electron chi connectivity index (χ1n) is 8.46. The SMILES string of the molecule is CCOCCCNC(=O)[C@@]1(C)CCC(=O)N1c1ccc(OC)c(Cl)c1. The van der Waals surface area contributed by atoms with Crippen molar-refractivity contribution in [3.8, 4) is 5.75 Å². The summed E-state index contributed by atoms with van der Waals surface area (Å²) in [5.41, 5.74) is -0.332. The van der Waals surface area contributed by atoms with Crippen LogP contribution in [0.2, 0.25) is 5.02 Å². The van der Waals surface area contributed by atoms with E-state index in [1.165, 1.54) is 12.0 Å². The minimum atomic E-state index is -0.930. The lowest BCUT2D eigenvalue weighted by Crippen LogP contribution is -2.55. The van der Waals surface area contributed by atoms with E-state index in [1.54, 1.807) is 25.1 Å². The Morgan fingerprint density at radius 3 is 2.84 bits per heavy atom. The first kappa shape index (κ1) is 19.5. The fourth-order valence-corrected chi connectivity index (χ4v) is 3.25. The van der Waals surface area contributed by atoms with Gasteiger partial charge in [-0.1, -0.05) is 11.6 Å². The molecule has 2 amide bonds. The van der Waals surface area contributed by atoms with E-state index < -0.39 is 5.54 Å². The Morgan fingerprint density at radius 2 is 2.20 bits per heavy atom. The third-order valence-electron chi connectivity index (χ3n) is 4.41. The van der Waals surface area contributed by atoms with Crippen molar-refractivity contribution in [2.24, 2.45) is 0 Å². The highest BCUT2D eigenvalue weighted by atomic mass is 35.5. The van der Waals surface area contributed by atoms with Gasteiger partial charge >= 0.3 is 0 Å². The highest BCUT2D eigenvalue weighted by Gasteiger charge is 2.48. The third-order valence-corrected chi connectivity index (χ3v) is 4.70. The van der Waals surface area contributed by atoms with E-state index in [4.69, 9.17) is 21.1 Å². The molecule has 1 aromatic carbocycles. The summed E-state index contributed by atoms with van der Waals surface area (Å²) in [5.74, 6) is 0.272. The predicted molar refractivity (Wildman–Crippen MR) is 97.2 cm³/mol. The molecule has 0 aromatic heterocycles. The lowest BCUT2D eigenvalue weighted by Gasteiger charge is -2.34. The summed E-state index contributed by atoms with van der Waals surface area (Å²) in [6, 6.07) is 5.10. The van der Waals surface area contributed by atoms with Gasteiger partial charge in [0.15, 0.2) is 0 Å². The Kier molecular flexibility index (Phi) is 6.67. The van der Waals surface area contributed by atoms with Crippen LogP contribution >= 0.6 is 11.6 Å². The van der Waals surface area contributed by atoms with Gasteiger partial charge in [0.2, 0.25) is 11.8 Å². The number of ether oxygens (including phenoxy) is 2. The Morgan fingerprint density at radius 1 is 1.44 bits per heavy atom. The molecule has 2 rings (SSSR count). The third kappa shape index (κ3) is 4.25. The maximum Gasteiger partial charge on any atom is 0.246 e. The fraction of sp³-hybridized carbons (Fsp3) is 0.556. The molecule has 1 aromatic rings. The number of methoxy groups -OCH3 is 1. The molecule has 0 saturated carbocycles. The van der Waals surface area contributed by atoms with E-state index in [-0.39, 0.29) is 11.8 Å². The number of benzene rings is 1. The zero-order valence-corrected chi connectivity index (χ0v) is 15.7. The lowest BCUT2D eigenvalue weighted by molar-refractivity contribution is -0.127. The molecule has 0 bridgehead atoms. The normalized spacial score (nSPS) is 20.0. The molecular weight excluding hydrogens is 344 g/mol. The first-order chi connectivity index (χ1) is 11.9. The van der Waals surface area contributed by atoms with Crippen LogP contribution in [0.5, 0.6) is 5.75 Å². The van der Waals surface area contributed by atoms with Crippen molar-refractivity contribution in [1.82, 2.24) is 5.32 Å². The van der Waals surface area contributed by atoms with Crippen molar-refractivity contribution >= 4 is 29.1 Å². The number of anilines is 1. The van der Waals surface area contributed by atoms with Crippen molar-refractivity contribution in [2.45, 2.75) is 38.6 Å². The standard InChI is InChI=1S/C18H25ClN2O4/c1-4-25-11-5-10-20-17(23)18(2)9-8-16(22)21(18)13-6-7-15(24-3)14(19)12-13/h6-7,12H,4-5,8-11H2,1-3H3,(H,20,23)/t18-/m1/s1. The Balaban J connectivity index is 2.14. The molecule has 6 nitrogen and oxygen atoms in total. The maximum absolute atomic E-state index is 12.7. The summed E-state index contributed by atoms with van der Waals surface area (Å²) in [6.07, 6.45) is 1.53. The van der Waals surface area contributed by atoms with Crippen LogP contribution in [-0.4, -0.2) is 44.2 Å². The van der Waals surface area contributed by atoms with E-state index in [0.717, 1.165) is 6.42 Å². The summed E-state index contributed by atoms with van der Waals surface area (Å²) in [4.78, 5) is 26.7. The molecule has 1 saturated heterocycles. The van der Waals surface area contributed by atoms with Crippen LogP contribution in [-0.2, 0) is 14.3 Å². The monoisotopic (exact) mass is 368 g/mol. The van der Waals surface area contributed by atoms with Gasteiger partial charge in [-0.15, -0.1) is 0 Å². The van der Waals surface area contributed by atoms with Crippen molar-refractivity contribution in [1.29, 1.82) is 0 Å². The first-order valence-corrected chi connectivity index (χ1v) is 8.84. The van der Waals surface area contributed by atoms with Crippen LogP contribution in [0.3, 0.4) is 0 Å². The molecule has 7 heteroatoms. The highest BCUT2D eigenvalue weighted by Crippen LogP contribution is 2.38. The van der Waals surface area contributed by atoms with Gasteiger partial charge in [-0.2, -0.15) is 0 Å². The molecule has 25 heavy (non-hydrogen) atoms. The Labute approximate surface area is 153 Å². The van der Waals surface area contributed by atoms with E-state index in [9.17, 15) is 9.59 Å². The second kappa shape index (κ2) is 8.54. The minimum absolute atomic E-state index is 0.0896. The van der Waals surface area contributed by atoms with Crippen LogP contribution in [0.1, 0.15) is 33.1 Å². The molecule has 1 N–H and O–H groups in total. The molecule has 0 aliphatic carbocycles. The van der Waals surface area contributed by atoms with Crippen LogP contribution in [0.25, 0.3) is 0 Å². The molecule has 1 aliphatic rings. The zero-order chi connectivity index (χ0) is 18.4. The number of rotatable bonds is 8. The summed E-state index contributed by atoms with van der Waals surface area (Å²) in [6.45, 7) is 5.49. The van der Waals surface area contributed by atoms with E-state index in [2.05, 4.69) is 5.32 Å². The van der Waals surface area contributed by atoms with Gasteiger partial charge in [0.1, 0.15) is 11.3 Å². The summed E-state index contributed by atoms with van der Waals surface area (Å²) in [5, 5.41) is 3.31. The molecule has 0 unspecified atom stereocenters. The Bertz CT molecular complexity index is 638. The molecule has 0 radical (unpaired) electrons. The molecule has 1 aliphatic heterocycles. The van der Waals surface area contributed by atoms with Crippen molar-refractivity contribution < 1.29 is 19.1 Å². The van der Waals surface area contributed by atoms with Gasteiger partial charge in [-0.25, -0.2) is 0 Å². The number of carbonyl (C=O) groups is 2. The molecule has 1 heterocycles. The van der Waals surface area contributed by atoms with Gasteiger partial charge in [0, 0.05) is 31.9 Å². The number of nitrogens with zero attached hydrogens (tertiary/aromatic N) is 1. The number of amides is 2. The quantitative estimate of drug-likeness (QED) is 0.716.